The van der Waals surface area contributed by atoms with Crippen LogP contribution in [0.1, 0.15) is 71.1 Å². The van der Waals surface area contributed by atoms with Crippen molar-refractivity contribution < 1.29 is 9.59 Å². The Morgan fingerprint density at radius 2 is 1.29 bits per heavy atom. The Bertz CT molecular complexity index is 259. The Hall–Kier alpha value is -0.160. The molecular formula is C20H46N3O+. The summed E-state index contributed by atoms with van der Waals surface area (Å²) in [5.74, 6) is 0. The van der Waals surface area contributed by atoms with Gasteiger partial charge in [0.05, 0.1) is 27.2 Å². The van der Waals surface area contributed by atoms with Gasteiger partial charge < -0.3 is 15.3 Å². The number of unbranched alkanes of at least 4 members (excludes halogenated alkanes) is 9. The third-order valence-electron chi connectivity index (χ3n) is 5.00. The monoisotopic (exact) mass is 344 g/mol. The molecule has 0 fully saturated rings. The Balaban J connectivity index is 3.64. The molecule has 0 aromatic rings. The molecule has 0 bridgehead atoms. The molecule has 0 saturated heterocycles. The first-order valence-corrected chi connectivity index (χ1v) is 10.4. The lowest BCUT2D eigenvalue weighted by atomic mass is 10.1. The van der Waals surface area contributed by atoms with Crippen molar-refractivity contribution in [1.82, 2.24) is 4.90 Å². The first kappa shape index (κ1) is 23.8. The summed E-state index contributed by atoms with van der Waals surface area (Å²) in [6.45, 7) is 8.45. The molecule has 0 unspecified atom stereocenters. The van der Waals surface area contributed by atoms with Gasteiger partial charge in [-0.3, -0.25) is 4.90 Å². The zero-order valence-corrected chi connectivity index (χ0v) is 16.9. The predicted octanol–water partition coefficient (Wildman–Crippen LogP) is 3.24. The molecule has 0 saturated carbocycles. The lowest BCUT2D eigenvalue weighted by Gasteiger charge is -2.32. The second kappa shape index (κ2) is 16.3. The summed E-state index contributed by atoms with van der Waals surface area (Å²) in [5.41, 5.74) is 5.76. The molecular weight excluding hydrogens is 298 g/mol. The number of nitrogens with zero attached hydrogens (tertiary/aromatic N) is 2. The molecule has 0 amide bonds. The van der Waals surface area contributed by atoms with Gasteiger partial charge in [0, 0.05) is 19.6 Å². The van der Waals surface area contributed by atoms with Crippen LogP contribution in [0.25, 0.3) is 0 Å². The molecule has 0 spiro atoms. The number of nitrogens with two attached hydrogens (primary N) is 1. The van der Waals surface area contributed by atoms with E-state index in [1.807, 2.05) is 0 Å². The standard InChI is InChI=1S/C20H46N3O/c1-4-5-6-7-8-9-10-11-12-13-15-22(16-14-21)17-18-23(2,3)19-20-24/h24H,4-21H2,1-3H3/q+1. The van der Waals surface area contributed by atoms with E-state index in [0.29, 0.717) is 0 Å². The third-order valence-corrected chi connectivity index (χ3v) is 5.00. The van der Waals surface area contributed by atoms with E-state index in [1.165, 1.54) is 70.8 Å². The Morgan fingerprint density at radius 1 is 0.750 bits per heavy atom. The van der Waals surface area contributed by atoms with Gasteiger partial charge in [-0.1, -0.05) is 64.7 Å². The summed E-state index contributed by atoms with van der Waals surface area (Å²) in [7, 11) is 4.38. The quantitative estimate of drug-likeness (QED) is 0.296. The van der Waals surface area contributed by atoms with Crippen LogP contribution in [0.3, 0.4) is 0 Å². The van der Waals surface area contributed by atoms with Crippen molar-refractivity contribution in [3.8, 4) is 0 Å². The first-order valence-electron chi connectivity index (χ1n) is 10.4. The van der Waals surface area contributed by atoms with Crippen LogP contribution in [0.15, 0.2) is 0 Å². The summed E-state index contributed by atoms with van der Waals surface area (Å²) < 4.78 is 0.885. The molecule has 0 aliphatic rings. The van der Waals surface area contributed by atoms with Gasteiger partial charge in [0.25, 0.3) is 0 Å². The number of aliphatic hydroxyl groups excluding tert-OH is 1. The maximum absolute atomic E-state index is 9.13. The van der Waals surface area contributed by atoms with Gasteiger partial charge in [-0.2, -0.15) is 0 Å². The SMILES string of the molecule is CCCCCCCCCCCCN(CCN)CC[N+](C)(C)CCO. The van der Waals surface area contributed by atoms with Crippen molar-refractivity contribution in [2.45, 2.75) is 71.1 Å². The third kappa shape index (κ3) is 15.4. The van der Waals surface area contributed by atoms with Crippen molar-refractivity contribution >= 4 is 0 Å². The van der Waals surface area contributed by atoms with Crippen LogP contribution >= 0.6 is 0 Å². The van der Waals surface area contributed by atoms with Crippen molar-refractivity contribution in [1.29, 1.82) is 0 Å². The van der Waals surface area contributed by atoms with E-state index in [2.05, 4.69) is 25.9 Å². The number of quaternary nitrogens is 1. The van der Waals surface area contributed by atoms with E-state index in [9.17, 15) is 0 Å². The molecule has 0 aromatic heterocycles. The van der Waals surface area contributed by atoms with Crippen LogP contribution in [-0.2, 0) is 0 Å². The van der Waals surface area contributed by atoms with E-state index in [0.717, 1.165) is 37.2 Å². The normalized spacial score (nSPS) is 12.2. The van der Waals surface area contributed by atoms with Gasteiger partial charge >= 0.3 is 0 Å². The van der Waals surface area contributed by atoms with E-state index in [-0.39, 0.29) is 6.61 Å². The van der Waals surface area contributed by atoms with Gasteiger partial charge in [0.1, 0.15) is 6.54 Å². The number of hydrogen-bond donors (Lipinski definition) is 2. The maximum atomic E-state index is 9.13. The minimum Gasteiger partial charge on any atom is -0.391 e. The first-order chi connectivity index (χ1) is 11.6. The highest BCUT2D eigenvalue weighted by Crippen LogP contribution is 2.11. The molecule has 0 aliphatic carbocycles. The summed E-state index contributed by atoms with van der Waals surface area (Å²) in [6.07, 6.45) is 13.9. The topological polar surface area (TPSA) is 49.5 Å². The molecule has 146 valence electrons. The van der Waals surface area contributed by atoms with Crippen LogP contribution in [0, 0.1) is 0 Å². The lowest BCUT2D eigenvalue weighted by molar-refractivity contribution is -0.890. The molecule has 0 radical (unpaired) electrons. The van der Waals surface area contributed by atoms with E-state index >= 15 is 0 Å². The average molecular weight is 345 g/mol. The van der Waals surface area contributed by atoms with Crippen LogP contribution in [0.2, 0.25) is 0 Å². The number of likely N-dealkylation sites (N-methyl/N-ethyl adjacent to an activating group) is 1. The second-order valence-electron chi connectivity index (χ2n) is 7.92. The van der Waals surface area contributed by atoms with Crippen LogP contribution < -0.4 is 5.73 Å². The van der Waals surface area contributed by atoms with Crippen LogP contribution in [0.4, 0.5) is 0 Å². The average Bonchev–Trinajstić information content (AvgIpc) is 2.54. The number of aliphatic hydroxyl groups is 1. The zero-order chi connectivity index (χ0) is 18.1. The molecule has 24 heavy (non-hydrogen) atoms. The molecule has 4 nitrogen and oxygen atoms in total. The molecule has 3 N–H and O–H groups in total. The fourth-order valence-electron chi connectivity index (χ4n) is 3.14. The minimum atomic E-state index is 0.266. The molecule has 4 heteroatoms. The van der Waals surface area contributed by atoms with Gasteiger partial charge in [-0.15, -0.1) is 0 Å². The van der Waals surface area contributed by atoms with E-state index in [4.69, 9.17) is 10.8 Å². The highest BCUT2D eigenvalue weighted by Gasteiger charge is 2.15. The number of hydrogen-bond acceptors (Lipinski definition) is 3. The fraction of sp³-hybridized carbons (Fsp3) is 1.00. The van der Waals surface area contributed by atoms with Crippen LogP contribution in [0.5, 0.6) is 0 Å². The molecule has 0 atom stereocenters. The largest absolute Gasteiger partial charge is 0.391 e. The summed E-state index contributed by atoms with van der Waals surface area (Å²) >= 11 is 0. The highest BCUT2D eigenvalue weighted by molar-refractivity contribution is 4.59. The minimum absolute atomic E-state index is 0.266. The summed E-state index contributed by atoms with van der Waals surface area (Å²) in [6, 6.07) is 0. The Labute approximate surface area is 152 Å². The van der Waals surface area contributed by atoms with Gasteiger partial charge in [-0.25, -0.2) is 0 Å². The molecule has 0 rings (SSSR count). The Kier molecular flexibility index (Phi) is 16.2. The van der Waals surface area contributed by atoms with Gasteiger partial charge in [0.15, 0.2) is 0 Å². The van der Waals surface area contributed by atoms with Crippen molar-refractivity contribution in [2.24, 2.45) is 5.73 Å². The van der Waals surface area contributed by atoms with Crippen molar-refractivity contribution in [3.63, 3.8) is 0 Å². The van der Waals surface area contributed by atoms with Crippen LogP contribution in [-0.4, -0.2) is 74.5 Å². The zero-order valence-electron chi connectivity index (χ0n) is 16.9. The molecule has 0 heterocycles. The lowest BCUT2D eigenvalue weighted by Crippen LogP contribution is -2.47. The summed E-state index contributed by atoms with van der Waals surface area (Å²) in [5, 5.41) is 9.13. The van der Waals surface area contributed by atoms with Crippen molar-refractivity contribution in [2.75, 3.05) is 60.0 Å². The van der Waals surface area contributed by atoms with E-state index < -0.39 is 0 Å². The van der Waals surface area contributed by atoms with Gasteiger partial charge in [-0.05, 0) is 13.0 Å². The van der Waals surface area contributed by atoms with Gasteiger partial charge in [0.2, 0.25) is 0 Å². The predicted molar refractivity (Wildman–Crippen MR) is 106 cm³/mol. The summed E-state index contributed by atoms with van der Waals surface area (Å²) in [4.78, 5) is 2.50. The Morgan fingerprint density at radius 3 is 1.79 bits per heavy atom. The number of rotatable bonds is 18. The van der Waals surface area contributed by atoms with Crippen molar-refractivity contribution in [3.05, 3.63) is 0 Å². The fourth-order valence-corrected chi connectivity index (χ4v) is 3.14. The molecule has 0 aromatic carbocycles. The molecule has 0 aliphatic heterocycles. The van der Waals surface area contributed by atoms with E-state index in [1.54, 1.807) is 0 Å². The second-order valence-corrected chi connectivity index (χ2v) is 7.92. The smallest absolute Gasteiger partial charge is 0.102 e. The maximum Gasteiger partial charge on any atom is 0.102 e. The highest BCUT2D eigenvalue weighted by atomic mass is 16.3.